The predicted molar refractivity (Wildman–Crippen MR) is 122 cm³/mol. The van der Waals surface area contributed by atoms with Crippen LogP contribution in [0.15, 0.2) is 54.7 Å². The molecular weight excluding hydrogens is 433 g/mol. The van der Waals surface area contributed by atoms with E-state index in [2.05, 4.69) is 20.6 Å². The smallest absolute Gasteiger partial charge is 0.219 e. The number of halogens is 2. The van der Waals surface area contributed by atoms with E-state index >= 15 is 0 Å². The minimum atomic E-state index is -0.355. The Morgan fingerprint density at radius 1 is 1.19 bits per heavy atom. The highest BCUT2D eigenvalue weighted by atomic mass is 35.5. The summed E-state index contributed by atoms with van der Waals surface area (Å²) >= 11 is 5.84. The lowest BCUT2D eigenvalue weighted by molar-refractivity contribution is 0.0211. The molecule has 4 aromatic rings. The van der Waals surface area contributed by atoms with Crippen LogP contribution < -0.4 is 15.4 Å². The van der Waals surface area contributed by atoms with Crippen molar-refractivity contribution in [2.75, 3.05) is 23.8 Å². The van der Waals surface area contributed by atoms with Crippen LogP contribution in [0.3, 0.4) is 0 Å². The van der Waals surface area contributed by atoms with Crippen LogP contribution in [0, 0.1) is 5.82 Å². The van der Waals surface area contributed by atoms with Gasteiger partial charge in [0.2, 0.25) is 11.8 Å². The predicted octanol–water partition coefficient (Wildman–Crippen LogP) is 4.98. The molecule has 32 heavy (non-hydrogen) atoms. The lowest BCUT2D eigenvalue weighted by Crippen LogP contribution is -2.40. The highest BCUT2D eigenvalue weighted by Crippen LogP contribution is 2.27. The molecule has 2 N–H and O–H groups in total. The van der Waals surface area contributed by atoms with Crippen molar-refractivity contribution in [1.29, 1.82) is 0 Å². The zero-order valence-corrected chi connectivity index (χ0v) is 18.1. The molecule has 0 amide bonds. The van der Waals surface area contributed by atoms with Gasteiger partial charge >= 0.3 is 0 Å². The molecule has 9 heteroatoms. The Balaban J connectivity index is 1.26. The summed E-state index contributed by atoms with van der Waals surface area (Å²) in [5.74, 6) is 1.38. The maximum atomic E-state index is 14.6. The number of imidazole rings is 1. The zero-order chi connectivity index (χ0) is 22.1. The third-order valence-electron chi connectivity index (χ3n) is 5.25. The van der Waals surface area contributed by atoms with Gasteiger partial charge < -0.3 is 24.7 Å². The lowest BCUT2D eigenvalue weighted by Gasteiger charge is -2.27. The second kappa shape index (κ2) is 8.64. The Hall–Kier alpha value is -3.36. The molecule has 5 rings (SSSR count). The van der Waals surface area contributed by atoms with E-state index in [1.165, 1.54) is 12.3 Å². The number of anilines is 2. The Labute approximate surface area is 189 Å². The average molecular weight is 454 g/mol. The van der Waals surface area contributed by atoms with E-state index in [0.29, 0.717) is 47.9 Å². The lowest BCUT2D eigenvalue weighted by atomic mass is 10.2. The number of nitrogens with zero attached hydrogens (tertiary/aromatic N) is 3. The second-order valence-electron chi connectivity index (χ2n) is 7.61. The number of fused-ring (bicyclic) bond motifs is 1. The van der Waals surface area contributed by atoms with Crippen LogP contribution in [0.5, 0.6) is 11.6 Å². The molecule has 1 aliphatic heterocycles. The number of rotatable bonds is 7. The number of benzene rings is 2. The van der Waals surface area contributed by atoms with Gasteiger partial charge in [-0.25, -0.2) is 14.4 Å². The highest BCUT2D eigenvalue weighted by molar-refractivity contribution is 6.30. The van der Waals surface area contributed by atoms with Gasteiger partial charge in [-0.2, -0.15) is 0 Å². The van der Waals surface area contributed by atoms with Gasteiger partial charge in [-0.05, 0) is 35.9 Å². The van der Waals surface area contributed by atoms with E-state index in [4.69, 9.17) is 21.1 Å². The zero-order valence-electron chi connectivity index (χ0n) is 17.3. The molecule has 2 aromatic heterocycles. The molecule has 1 aliphatic rings. The van der Waals surface area contributed by atoms with Gasteiger partial charge in [-0.15, -0.1) is 0 Å². The SMILES string of the molecule is Cn1c(NCc2ccc(Oc3ccc(Cl)cn3)cc2)nc2c(F)cc(NC3COC3)cc21. The number of pyridine rings is 1. The van der Waals surface area contributed by atoms with Crippen molar-refractivity contribution in [2.45, 2.75) is 12.6 Å². The Morgan fingerprint density at radius 2 is 2.00 bits per heavy atom. The topological polar surface area (TPSA) is 73.2 Å². The van der Waals surface area contributed by atoms with Crippen molar-refractivity contribution in [3.8, 4) is 11.6 Å². The number of nitrogens with one attached hydrogen (secondary N) is 2. The molecule has 0 radical (unpaired) electrons. The van der Waals surface area contributed by atoms with Crippen LogP contribution >= 0.6 is 11.6 Å². The maximum absolute atomic E-state index is 14.6. The van der Waals surface area contributed by atoms with Gasteiger partial charge in [0.1, 0.15) is 11.3 Å². The van der Waals surface area contributed by atoms with Gasteiger partial charge in [0, 0.05) is 31.5 Å². The Bertz CT molecular complexity index is 1240. The fourth-order valence-corrected chi connectivity index (χ4v) is 3.55. The number of aromatic nitrogens is 3. The Kier molecular flexibility index (Phi) is 5.55. The van der Waals surface area contributed by atoms with Crippen LogP contribution in [0.1, 0.15) is 5.56 Å². The summed E-state index contributed by atoms with van der Waals surface area (Å²) in [6.45, 7) is 1.80. The summed E-state index contributed by atoms with van der Waals surface area (Å²) in [5, 5.41) is 7.12. The van der Waals surface area contributed by atoms with Gasteiger partial charge in [0.15, 0.2) is 5.82 Å². The van der Waals surface area contributed by atoms with Crippen LogP contribution in [0.4, 0.5) is 16.0 Å². The first-order chi connectivity index (χ1) is 15.5. The summed E-state index contributed by atoms with van der Waals surface area (Å²) in [6, 6.07) is 14.7. The highest BCUT2D eigenvalue weighted by Gasteiger charge is 2.19. The Morgan fingerprint density at radius 3 is 2.69 bits per heavy atom. The van der Waals surface area contributed by atoms with E-state index in [-0.39, 0.29) is 11.9 Å². The molecule has 7 nitrogen and oxygen atoms in total. The first kappa shape index (κ1) is 20.5. The van der Waals surface area contributed by atoms with Gasteiger partial charge in [-0.3, -0.25) is 0 Å². The minimum Gasteiger partial charge on any atom is -0.439 e. The van der Waals surface area contributed by atoms with E-state index in [0.717, 1.165) is 16.8 Å². The van der Waals surface area contributed by atoms with E-state index < -0.39 is 0 Å². The quantitative estimate of drug-likeness (QED) is 0.411. The summed E-state index contributed by atoms with van der Waals surface area (Å²) in [5.41, 5.74) is 2.81. The molecule has 0 unspecified atom stereocenters. The van der Waals surface area contributed by atoms with Crippen LogP contribution in [0.2, 0.25) is 5.02 Å². The normalized spacial score (nSPS) is 13.7. The molecule has 1 saturated heterocycles. The molecule has 0 aliphatic carbocycles. The second-order valence-corrected chi connectivity index (χ2v) is 8.05. The van der Waals surface area contributed by atoms with Gasteiger partial charge in [-0.1, -0.05) is 23.7 Å². The summed E-state index contributed by atoms with van der Waals surface area (Å²) < 4.78 is 27.4. The van der Waals surface area contributed by atoms with E-state index in [1.54, 1.807) is 12.1 Å². The molecule has 1 fully saturated rings. The molecular formula is C23H21ClFN5O2. The number of hydrogen-bond donors (Lipinski definition) is 2. The van der Waals surface area contributed by atoms with Crippen LogP contribution in [-0.4, -0.2) is 33.8 Å². The fourth-order valence-electron chi connectivity index (χ4n) is 3.44. The molecule has 164 valence electrons. The van der Waals surface area contributed by atoms with Crippen molar-refractivity contribution >= 4 is 34.3 Å². The summed E-state index contributed by atoms with van der Waals surface area (Å²) in [4.78, 5) is 8.56. The van der Waals surface area contributed by atoms with Crippen molar-refractivity contribution < 1.29 is 13.9 Å². The number of hydrogen-bond acceptors (Lipinski definition) is 6. The minimum absolute atomic E-state index is 0.222. The van der Waals surface area contributed by atoms with Crippen molar-refractivity contribution in [3.63, 3.8) is 0 Å². The standard InChI is InChI=1S/C23H21ClFN5O2/c1-30-20-9-16(28-17-12-31-13-17)8-19(25)22(20)29-23(30)27-10-14-2-5-18(6-3-14)32-21-7-4-15(24)11-26-21/h2-9,11,17,28H,10,12-13H2,1H3,(H,27,29). The van der Waals surface area contributed by atoms with Gasteiger partial charge in [0.05, 0.1) is 29.8 Å². The van der Waals surface area contributed by atoms with Crippen molar-refractivity contribution in [1.82, 2.24) is 14.5 Å². The molecule has 3 heterocycles. The fraction of sp³-hybridized carbons (Fsp3) is 0.217. The first-order valence-electron chi connectivity index (χ1n) is 10.2. The number of ether oxygens (including phenoxy) is 2. The van der Waals surface area contributed by atoms with Crippen LogP contribution in [0.25, 0.3) is 11.0 Å². The first-order valence-corrected chi connectivity index (χ1v) is 10.6. The molecule has 2 aromatic carbocycles. The average Bonchev–Trinajstić information content (AvgIpc) is 3.08. The monoisotopic (exact) mass is 453 g/mol. The molecule has 0 atom stereocenters. The van der Waals surface area contributed by atoms with Crippen molar-refractivity contribution in [3.05, 3.63) is 71.1 Å². The van der Waals surface area contributed by atoms with E-state index in [9.17, 15) is 4.39 Å². The number of aryl methyl sites for hydroxylation is 1. The van der Waals surface area contributed by atoms with Crippen molar-refractivity contribution in [2.24, 2.45) is 7.05 Å². The summed E-state index contributed by atoms with van der Waals surface area (Å²) in [7, 11) is 1.86. The van der Waals surface area contributed by atoms with Crippen LogP contribution in [-0.2, 0) is 18.3 Å². The summed E-state index contributed by atoms with van der Waals surface area (Å²) in [6.07, 6.45) is 1.54. The third kappa shape index (κ3) is 4.32. The molecule has 0 bridgehead atoms. The van der Waals surface area contributed by atoms with Gasteiger partial charge in [0.25, 0.3) is 0 Å². The third-order valence-corrected chi connectivity index (χ3v) is 5.47. The largest absolute Gasteiger partial charge is 0.439 e. The van der Waals surface area contributed by atoms with E-state index in [1.807, 2.05) is 41.9 Å². The maximum Gasteiger partial charge on any atom is 0.219 e. The molecule has 0 saturated carbocycles. The molecule has 0 spiro atoms.